The highest BCUT2D eigenvalue weighted by Crippen LogP contribution is 2.29. The average Bonchev–Trinajstić information content (AvgIpc) is 2.34. The molecule has 1 heterocycles. The Morgan fingerprint density at radius 1 is 1.44 bits per heavy atom. The van der Waals surface area contributed by atoms with Crippen LogP contribution in [0.4, 0.5) is 5.69 Å². The predicted molar refractivity (Wildman–Crippen MR) is 76.7 cm³/mol. The lowest BCUT2D eigenvalue weighted by Gasteiger charge is -2.25. The lowest BCUT2D eigenvalue weighted by Crippen LogP contribution is -2.26. The van der Waals surface area contributed by atoms with Gasteiger partial charge in [0.15, 0.2) is 0 Å². The zero-order valence-electron chi connectivity index (χ0n) is 10.2. The van der Waals surface area contributed by atoms with Gasteiger partial charge < -0.3 is 5.32 Å². The zero-order valence-corrected chi connectivity index (χ0v) is 12.6. The van der Waals surface area contributed by atoms with Gasteiger partial charge in [0, 0.05) is 5.92 Å². The number of carbonyl (C=O) groups excluding carboxylic acids is 1. The number of nitrogens with one attached hydrogen (secondary N) is 1. The molecular weight excluding hydrogens is 316 g/mol. The maximum atomic E-state index is 12.1. The molecule has 98 valence electrons. The Morgan fingerprint density at radius 3 is 2.72 bits per heavy atom. The third-order valence-electron chi connectivity index (χ3n) is 3.45. The molecule has 1 aromatic heterocycles. The van der Waals surface area contributed by atoms with Crippen LogP contribution in [0, 0.1) is 11.8 Å². The number of anilines is 1. The normalized spacial score (nSPS) is 23.7. The molecule has 1 saturated carbocycles. The van der Waals surface area contributed by atoms with E-state index in [1.165, 1.54) is 0 Å². The number of rotatable bonds is 2. The fourth-order valence-corrected chi connectivity index (χ4v) is 2.71. The molecule has 0 radical (unpaired) electrons. The van der Waals surface area contributed by atoms with Crippen LogP contribution in [0.1, 0.15) is 32.6 Å². The fourth-order valence-electron chi connectivity index (χ4n) is 2.26. The molecule has 1 amide bonds. The molecule has 1 aliphatic carbocycles. The van der Waals surface area contributed by atoms with Gasteiger partial charge in [-0.3, -0.25) is 4.79 Å². The largest absolute Gasteiger partial charge is 0.324 e. The van der Waals surface area contributed by atoms with E-state index in [1.807, 2.05) is 0 Å². The molecule has 0 saturated heterocycles. The monoisotopic (exact) mass is 330 g/mol. The molecule has 5 heteroatoms. The van der Waals surface area contributed by atoms with Gasteiger partial charge in [-0.25, -0.2) is 4.98 Å². The Labute approximate surface area is 120 Å². The van der Waals surface area contributed by atoms with E-state index < -0.39 is 0 Å². The number of pyridine rings is 1. The van der Waals surface area contributed by atoms with E-state index in [0.29, 0.717) is 15.3 Å². The standard InChI is InChI=1S/C13H16BrClN2O/c1-8-2-4-9(5-3-8)13(18)17-10-6-11(14)12(15)16-7-10/h6-9H,2-5H2,1H3,(H,17,18). The summed E-state index contributed by atoms with van der Waals surface area (Å²) in [5.74, 6) is 0.981. The second-order valence-electron chi connectivity index (χ2n) is 4.94. The third kappa shape index (κ3) is 3.45. The lowest BCUT2D eigenvalue weighted by atomic mass is 9.82. The molecule has 0 unspecified atom stereocenters. The first-order chi connectivity index (χ1) is 8.56. The topological polar surface area (TPSA) is 42.0 Å². The average molecular weight is 332 g/mol. The van der Waals surface area contributed by atoms with Gasteiger partial charge in [0.2, 0.25) is 5.91 Å². The minimum atomic E-state index is 0.0953. The van der Waals surface area contributed by atoms with Gasteiger partial charge in [-0.15, -0.1) is 0 Å². The molecule has 0 aliphatic heterocycles. The van der Waals surface area contributed by atoms with E-state index in [1.54, 1.807) is 12.3 Å². The Balaban J connectivity index is 1.96. The Bertz CT molecular complexity index is 445. The molecule has 0 bridgehead atoms. The summed E-state index contributed by atoms with van der Waals surface area (Å²) in [5, 5.41) is 3.31. The number of amides is 1. The molecule has 1 aromatic rings. The Morgan fingerprint density at radius 2 is 2.11 bits per heavy atom. The number of nitrogens with zero attached hydrogens (tertiary/aromatic N) is 1. The molecular formula is C13H16BrClN2O. The second kappa shape index (κ2) is 6.02. The maximum absolute atomic E-state index is 12.1. The summed E-state index contributed by atoms with van der Waals surface area (Å²) in [6.07, 6.45) is 5.82. The van der Waals surface area contributed by atoms with Crippen molar-refractivity contribution < 1.29 is 4.79 Å². The Kier molecular flexibility index (Phi) is 4.62. The summed E-state index contributed by atoms with van der Waals surface area (Å²) in [6, 6.07) is 1.78. The maximum Gasteiger partial charge on any atom is 0.227 e. The van der Waals surface area contributed by atoms with E-state index in [2.05, 4.69) is 33.2 Å². The number of carbonyl (C=O) groups is 1. The summed E-state index contributed by atoms with van der Waals surface area (Å²) >= 11 is 9.11. The first kappa shape index (κ1) is 13.8. The van der Waals surface area contributed by atoms with E-state index in [4.69, 9.17) is 11.6 Å². The van der Waals surface area contributed by atoms with Gasteiger partial charge in [-0.05, 0) is 53.6 Å². The van der Waals surface area contributed by atoms with Crippen LogP contribution in [0.2, 0.25) is 5.15 Å². The van der Waals surface area contributed by atoms with Crippen molar-refractivity contribution in [3.05, 3.63) is 21.9 Å². The van der Waals surface area contributed by atoms with Crippen LogP contribution >= 0.6 is 27.5 Å². The minimum absolute atomic E-state index is 0.0953. The predicted octanol–water partition coefficient (Wildman–Crippen LogP) is 4.26. The van der Waals surface area contributed by atoms with Crippen LogP contribution in [0.5, 0.6) is 0 Å². The molecule has 1 aliphatic rings. The molecule has 0 atom stereocenters. The molecule has 2 rings (SSSR count). The van der Waals surface area contributed by atoms with Crippen LogP contribution in [-0.4, -0.2) is 10.9 Å². The summed E-state index contributed by atoms with van der Waals surface area (Å²) in [6.45, 7) is 2.24. The second-order valence-corrected chi connectivity index (χ2v) is 6.16. The van der Waals surface area contributed by atoms with E-state index in [0.717, 1.165) is 31.6 Å². The van der Waals surface area contributed by atoms with Crippen molar-refractivity contribution in [2.45, 2.75) is 32.6 Å². The first-order valence-corrected chi connectivity index (χ1v) is 7.35. The number of halogens is 2. The van der Waals surface area contributed by atoms with Crippen LogP contribution in [-0.2, 0) is 4.79 Å². The van der Waals surface area contributed by atoms with Gasteiger partial charge >= 0.3 is 0 Å². The fraction of sp³-hybridized carbons (Fsp3) is 0.538. The summed E-state index contributed by atoms with van der Waals surface area (Å²) in [7, 11) is 0. The number of hydrogen-bond acceptors (Lipinski definition) is 2. The van der Waals surface area contributed by atoms with Gasteiger partial charge in [-0.1, -0.05) is 18.5 Å². The van der Waals surface area contributed by atoms with Crippen LogP contribution in [0.3, 0.4) is 0 Å². The lowest BCUT2D eigenvalue weighted by molar-refractivity contribution is -0.121. The van der Waals surface area contributed by atoms with Crippen molar-refractivity contribution in [3.63, 3.8) is 0 Å². The van der Waals surface area contributed by atoms with Crippen LogP contribution in [0.25, 0.3) is 0 Å². The van der Waals surface area contributed by atoms with Crippen molar-refractivity contribution >= 4 is 39.1 Å². The van der Waals surface area contributed by atoms with Crippen molar-refractivity contribution in [3.8, 4) is 0 Å². The highest BCUT2D eigenvalue weighted by atomic mass is 79.9. The van der Waals surface area contributed by atoms with Crippen molar-refractivity contribution in [1.29, 1.82) is 0 Å². The Hall–Kier alpha value is -0.610. The molecule has 0 aromatic carbocycles. The molecule has 18 heavy (non-hydrogen) atoms. The number of hydrogen-bond donors (Lipinski definition) is 1. The van der Waals surface area contributed by atoms with Crippen molar-refractivity contribution in [1.82, 2.24) is 4.98 Å². The molecule has 3 nitrogen and oxygen atoms in total. The summed E-state index contributed by atoms with van der Waals surface area (Å²) in [4.78, 5) is 16.1. The van der Waals surface area contributed by atoms with Gasteiger partial charge in [0.1, 0.15) is 5.15 Å². The van der Waals surface area contributed by atoms with Gasteiger partial charge in [0.05, 0.1) is 16.4 Å². The minimum Gasteiger partial charge on any atom is -0.324 e. The first-order valence-electron chi connectivity index (χ1n) is 6.18. The van der Waals surface area contributed by atoms with Crippen molar-refractivity contribution in [2.75, 3.05) is 5.32 Å². The van der Waals surface area contributed by atoms with E-state index in [9.17, 15) is 4.79 Å². The highest BCUT2D eigenvalue weighted by Gasteiger charge is 2.24. The number of aromatic nitrogens is 1. The smallest absolute Gasteiger partial charge is 0.227 e. The molecule has 1 fully saturated rings. The molecule has 1 N–H and O–H groups in total. The van der Waals surface area contributed by atoms with Gasteiger partial charge in [-0.2, -0.15) is 0 Å². The van der Waals surface area contributed by atoms with E-state index >= 15 is 0 Å². The molecule has 0 spiro atoms. The van der Waals surface area contributed by atoms with Crippen molar-refractivity contribution in [2.24, 2.45) is 11.8 Å². The third-order valence-corrected chi connectivity index (χ3v) is 4.58. The SMILES string of the molecule is CC1CCC(C(=O)Nc2cnc(Cl)c(Br)c2)CC1. The van der Waals surface area contributed by atoms with Crippen LogP contribution < -0.4 is 5.32 Å². The van der Waals surface area contributed by atoms with Crippen LogP contribution in [0.15, 0.2) is 16.7 Å². The quantitative estimate of drug-likeness (QED) is 0.823. The summed E-state index contributed by atoms with van der Waals surface area (Å²) in [5.41, 5.74) is 0.690. The summed E-state index contributed by atoms with van der Waals surface area (Å²) < 4.78 is 0.694. The zero-order chi connectivity index (χ0) is 13.1. The van der Waals surface area contributed by atoms with E-state index in [-0.39, 0.29) is 11.8 Å². The van der Waals surface area contributed by atoms with Gasteiger partial charge in [0.25, 0.3) is 0 Å². The highest BCUT2D eigenvalue weighted by molar-refractivity contribution is 9.10.